The number of ether oxygens (including phenoxy) is 2. The van der Waals surface area contributed by atoms with Crippen molar-refractivity contribution in [2.75, 3.05) is 26.8 Å². The van der Waals surface area contributed by atoms with Gasteiger partial charge in [0.1, 0.15) is 18.1 Å². The summed E-state index contributed by atoms with van der Waals surface area (Å²) in [6.07, 6.45) is 5.49. The second kappa shape index (κ2) is 9.86. The number of nitrogens with one attached hydrogen (secondary N) is 2. The molecule has 0 unspecified atom stereocenters. The quantitative estimate of drug-likeness (QED) is 0.701. The Morgan fingerprint density at radius 2 is 1.78 bits per heavy atom. The zero-order chi connectivity index (χ0) is 18.9. The number of hydrogen-bond acceptors (Lipinski definition) is 3. The maximum absolute atomic E-state index is 11.9. The van der Waals surface area contributed by atoms with Crippen LogP contribution in [0, 0.1) is 0 Å². The average Bonchev–Trinajstić information content (AvgIpc) is 2.72. The van der Waals surface area contributed by atoms with Gasteiger partial charge >= 0.3 is 6.03 Å². The maximum atomic E-state index is 11.9. The van der Waals surface area contributed by atoms with Crippen LogP contribution < -0.4 is 20.1 Å². The highest BCUT2D eigenvalue weighted by Crippen LogP contribution is 2.29. The zero-order valence-corrected chi connectivity index (χ0v) is 15.9. The molecule has 0 saturated carbocycles. The van der Waals surface area contributed by atoms with Crippen LogP contribution >= 0.6 is 0 Å². The molecule has 2 amide bonds. The number of methoxy groups -OCH3 is 1. The van der Waals surface area contributed by atoms with Gasteiger partial charge in [-0.15, -0.1) is 0 Å². The fourth-order valence-corrected chi connectivity index (χ4v) is 3.38. The van der Waals surface area contributed by atoms with Crippen LogP contribution in [-0.4, -0.2) is 32.8 Å². The van der Waals surface area contributed by atoms with Gasteiger partial charge in [-0.3, -0.25) is 0 Å². The van der Waals surface area contributed by atoms with Crippen LogP contribution in [0.4, 0.5) is 4.79 Å². The number of urea groups is 1. The number of rotatable bonds is 8. The van der Waals surface area contributed by atoms with Gasteiger partial charge in [0.2, 0.25) is 0 Å². The van der Waals surface area contributed by atoms with E-state index in [9.17, 15) is 4.79 Å². The van der Waals surface area contributed by atoms with Gasteiger partial charge in [-0.05, 0) is 67.0 Å². The zero-order valence-electron chi connectivity index (χ0n) is 15.9. The molecule has 0 saturated heterocycles. The lowest BCUT2D eigenvalue weighted by Crippen LogP contribution is -2.38. The van der Waals surface area contributed by atoms with Crippen LogP contribution in [0.15, 0.2) is 42.5 Å². The molecule has 2 aromatic rings. The molecular formula is C22H28N2O3. The molecule has 5 heteroatoms. The molecular weight excluding hydrogens is 340 g/mol. The number of carbonyl (C=O) groups is 1. The topological polar surface area (TPSA) is 59.6 Å². The molecule has 0 radical (unpaired) electrons. The van der Waals surface area contributed by atoms with E-state index in [1.165, 1.54) is 24.0 Å². The average molecular weight is 368 g/mol. The predicted molar refractivity (Wildman–Crippen MR) is 107 cm³/mol. The first kappa shape index (κ1) is 19.1. The van der Waals surface area contributed by atoms with E-state index in [0.717, 1.165) is 36.3 Å². The number of amides is 2. The minimum atomic E-state index is -0.165. The summed E-state index contributed by atoms with van der Waals surface area (Å²) in [5.41, 5.74) is 3.91. The van der Waals surface area contributed by atoms with Crippen molar-refractivity contribution >= 4 is 6.03 Å². The van der Waals surface area contributed by atoms with E-state index in [0.29, 0.717) is 19.7 Å². The predicted octanol–water partition coefficient (Wildman–Crippen LogP) is 3.49. The summed E-state index contributed by atoms with van der Waals surface area (Å²) < 4.78 is 11.0. The van der Waals surface area contributed by atoms with E-state index >= 15 is 0 Å². The van der Waals surface area contributed by atoms with E-state index in [1.807, 2.05) is 30.3 Å². The summed E-state index contributed by atoms with van der Waals surface area (Å²) in [6, 6.07) is 14.0. The Morgan fingerprint density at radius 3 is 2.59 bits per heavy atom. The Hall–Kier alpha value is -2.69. The van der Waals surface area contributed by atoms with Gasteiger partial charge in [-0.2, -0.15) is 0 Å². The first-order valence-corrected chi connectivity index (χ1v) is 9.64. The largest absolute Gasteiger partial charge is 0.497 e. The van der Waals surface area contributed by atoms with Crippen molar-refractivity contribution in [2.45, 2.75) is 32.1 Å². The fraction of sp³-hybridized carbons (Fsp3) is 0.409. The molecule has 0 fully saturated rings. The summed E-state index contributed by atoms with van der Waals surface area (Å²) in [4.78, 5) is 11.9. The van der Waals surface area contributed by atoms with Crippen LogP contribution in [0.1, 0.15) is 29.5 Å². The third-order valence-corrected chi connectivity index (χ3v) is 4.86. The van der Waals surface area contributed by atoms with E-state index in [1.54, 1.807) is 7.11 Å². The monoisotopic (exact) mass is 368 g/mol. The highest BCUT2D eigenvalue weighted by molar-refractivity contribution is 5.73. The van der Waals surface area contributed by atoms with Gasteiger partial charge in [0, 0.05) is 6.54 Å². The molecule has 0 spiro atoms. The molecule has 0 atom stereocenters. The lowest BCUT2D eigenvalue weighted by molar-refractivity contribution is 0.236. The third-order valence-electron chi connectivity index (χ3n) is 4.86. The first-order chi connectivity index (χ1) is 13.3. The molecule has 27 heavy (non-hydrogen) atoms. The molecule has 0 bridgehead atoms. The highest BCUT2D eigenvalue weighted by Gasteiger charge is 2.13. The molecule has 2 N–H and O–H groups in total. The van der Waals surface area contributed by atoms with Crippen LogP contribution in [0.5, 0.6) is 11.5 Å². The Morgan fingerprint density at radius 1 is 1.00 bits per heavy atom. The molecule has 0 aromatic heterocycles. The van der Waals surface area contributed by atoms with Crippen LogP contribution in [0.25, 0.3) is 0 Å². The SMILES string of the molecule is COc1ccc(CCNC(=O)NCCOc2cccc3c2CCCC3)cc1. The lowest BCUT2D eigenvalue weighted by Gasteiger charge is -2.19. The summed E-state index contributed by atoms with van der Waals surface area (Å²) in [5.74, 6) is 1.80. The summed E-state index contributed by atoms with van der Waals surface area (Å²) >= 11 is 0. The van der Waals surface area contributed by atoms with Gasteiger partial charge in [0.05, 0.1) is 13.7 Å². The molecule has 144 valence electrons. The van der Waals surface area contributed by atoms with Crippen LogP contribution in [0.2, 0.25) is 0 Å². The van der Waals surface area contributed by atoms with Crippen molar-refractivity contribution in [3.63, 3.8) is 0 Å². The molecule has 5 nitrogen and oxygen atoms in total. The van der Waals surface area contributed by atoms with Crippen LogP contribution in [-0.2, 0) is 19.3 Å². The summed E-state index contributed by atoms with van der Waals surface area (Å²) in [7, 11) is 1.65. The van der Waals surface area contributed by atoms with E-state index in [4.69, 9.17) is 9.47 Å². The van der Waals surface area contributed by atoms with Gasteiger partial charge in [0.25, 0.3) is 0 Å². The number of fused-ring (bicyclic) bond motifs is 1. The molecule has 1 aliphatic rings. The highest BCUT2D eigenvalue weighted by atomic mass is 16.5. The van der Waals surface area contributed by atoms with Crippen molar-refractivity contribution in [1.29, 1.82) is 0 Å². The Labute approximate surface area is 161 Å². The van der Waals surface area contributed by atoms with Crippen molar-refractivity contribution in [3.8, 4) is 11.5 Å². The van der Waals surface area contributed by atoms with E-state index in [2.05, 4.69) is 22.8 Å². The van der Waals surface area contributed by atoms with Gasteiger partial charge in [-0.25, -0.2) is 4.79 Å². The molecule has 2 aromatic carbocycles. The standard InChI is InChI=1S/C22H28N2O3/c1-26-19-11-9-17(10-12-19)13-14-23-22(25)24-15-16-27-21-8-4-6-18-5-2-3-7-20(18)21/h4,6,8-12H,2-3,5,7,13-16H2,1H3,(H2,23,24,25). The Bertz CT molecular complexity index is 744. The number of benzene rings is 2. The number of aryl methyl sites for hydroxylation is 1. The van der Waals surface area contributed by atoms with E-state index in [-0.39, 0.29) is 6.03 Å². The molecule has 0 heterocycles. The van der Waals surface area contributed by atoms with Crippen LogP contribution in [0.3, 0.4) is 0 Å². The normalized spacial score (nSPS) is 12.8. The minimum absolute atomic E-state index is 0.165. The van der Waals surface area contributed by atoms with Crippen molar-refractivity contribution in [3.05, 3.63) is 59.2 Å². The van der Waals surface area contributed by atoms with Gasteiger partial charge < -0.3 is 20.1 Å². The van der Waals surface area contributed by atoms with Crippen molar-refractivity contribution in [1.82, 2.24) is 10.6 Å². The van der Waals surface area contributed by atoms with Gasteiger partial charge in [-0.1, -0.05) is 24.3 Å². The minimum Gasteiger partial charge on any atom is -0.497 e. The molecule has 0 aliphatic heterocycles. The summed E-state index contributed by atoms with van der Waals surface area (Å²) in [6.45, 7) is 1.55. The Kier molecular flexibility index (Phi) is 6.97. The Balaban J connectivity index is 1.33. The first-order valence-electron chi connectivity index (χ1n) is 9.64. The van der Waals surface area contributed by atoms with Crippen molar-refractivity contribution < 1.29 is 14.3 Å². The smallest absolute Gasteiger partial charge is 0.314 e. The third kappa shape index (κ3) is 5.64. The van der Waals surface area contributed by atoms with E-state index < -0.39 is 0 Å². The number of carbonyl (C=O) groups excluding carboxylic acids is 1. The second-order valence-corrected chi connectivity index (χ2v) is 6.73. The summed E-state index contributed by atoms with van der Waals surface area (Å²) in [5, 5.41) is 5.71. The van der Waals surface area contributed by atoms with Crippen molar-refractivity contribution in [2.24, 2.45) is 0 Å². The molecule has 3 rings (SSSR count). The number of hydrogen-bond donors (Lipinski definition) is 2. The second-order valence-electron chi connectivity index (χ2n) is 6.73. The lowest BCUT2D eigenvalue weighted by atomic mass is 9.91. The maximum Gasteiger partial charge on any atom is 0.314 e. The fourth-order valence-electron chi connectivity index (χ4n) is 3.38. The molecule has 1 aliphatic carbocycles. The van der Waals surface area contributed by atoms with Gasteiger partial charge in [0.15, 0.2) is 0 Å².